The van der Waals surface area contributed by atoms with Gasteiger partial charge >= 0.3 is 0 Å². The molecule has 0 aromatic heterocycles. The molecule has 1 aliphatic carbocycles. The SMILES string of the molecule is COc1ccc(C(=O)NC2(c3ccc(F)cc3)CC2)cc1OC. The summed E-state index contributed by atoms with van der Waals surface area (Å²) in [5.41, 5.74) is 1.03. The molecule has 0 spiro atoms. The van der Waals surface area contributed by atoms with Crippen molar-refractivity contribution in [3.05, 3.63) is 59.4 Å². The van der Waals surface area contributed by atoms with Crippen LogP contribution in [0.5, 0.6) is 11.5 Å². The topological polar surface area (TPSA) is 47.6 Å². The van der Waals surface area contributed by atoms with E-state index in [2.05, 4.69) is 5.32 Å². The maximum Gasteiger partial charge on any atom is 0.252 e. The van der Waals surface area contributed by atoms with Crippen molar-refractivity contribution < 1.29 is 18.7 Å². The highest BCUT2D eigenvalue weighted by atomic mass is 19.1. The number of nitrogens with one attached hydrogen (secondary N) is 1. The molecular formula is C18H18FNO3. The fraction of sp³-hybridized carbons (Fsp3) is 0.278. The smallest absolute Gasteiger partial charge is 0.252 e. The van der Waals surface area contributed by atoms with Crippen LogP contribution >= 0.6 is 0 Å². The molecule has 2 aromatic carbocycles. The Balaban J connectivity index is 1.80. The fourth-order valence-electron chi connectivity index (χ4n) is 2.65. The Morgan fingerprint density at radius 3 is 2.26 bits per heavy atom. The summed E-state index contributed by atoms with van der Waals surface area (Å²) < 4.78 is 23.5. The monoisotopic (exact) mass is 315 g/mol. The van der Waals surface area contributed by atoms with Crippen LogP contribution in [0.15, 0.2) is 42.5 Å². The number of amides is 1. The van der Waals surface area contributed by atoms with Gasteiger partial charge in [0.25, 0.3) is 5.91 Å². The summed E-state index contributed by atoms with van der Waals surface area (Å²) in [5.74, 6) is 0.610. The van der Waals surface area contributed by atoms with E-state index in [0.717, 1.165) is 18.4 Å². The number of carbonyl (C=O) groups is 1. The molecule has 23 heavy (non-hydrogen) atoms. The molecule has 1 saturated carbocycles. The highest BCUT2D eigenvalue weighted by Gasteiger charge is 2.45. The molecule has 0 radical (unpaired) electrons. The lowest BCUT2D eigenvalue weighted by Crippen LogP contribution is -2.34. The molecule has 0 bridgehead atoms. The maximum atomic E-state index is 13.1. The van der Waals surface area contributed by atoms with Crippen LogP contribution in [0.2, 0.25) is 0 Å². The quantitative estimate of drug-likeness (QED) is 0.921. The van der Waals surface area contributed by atoms with E-state index in [4.69, 9.17) is 9.47 Å². The van der Waals surface area contributed by atoms with Gasteiger partial charge in [0, 0.05) is 5.56 Å². The second-order valence-corrected chi connectivity index (χ2v) is 5.61. The second-order valence-electron chi connectivity index (χ2n) is 5.61. The Labute approximate surface area is 134 Å². The van der Waals surface area contributed by atoms with Gasteiger partial charge in [-0.25, -0.2) is 4.39 Å². The van der Waals surface area contributed by atoms with Crippen LogP contribution in [-0.2, 0) is 5.54 Å². The van der Waals surface area contributed by atoms with Gasteiger partial charge < -0.3 is 14.8 Å². The zero-order valence-electron chi connectivity index (χ0n) is 13.1. The first-order chi connectivity index (χ1) is 11.1. The largest absolute Gasteiger partial charge is 0.493 e. The van der Waals surface area contributed by atoms with Crippen molar-refractivity contribution in [2.75, 3.05) is 14.2 Å². The summed E-state index contributed by atoms with van der Waals surface area (Å²) in [6.07, 6.45) is 1.69. The van der Waals surface area contributed by atoms with Gasteiger partial charge in [0.2, 0.25) is 0 Å². The summed E-state index contributed by atoms with van der Waals surface area (Å²) in [7, 11) is 3.08. The first-order valence-corrected chi connectivity index (χ1v) is 7.38. The van der Waals surface area contributed by atoms with Crippen LogP contribution in [0.25, 0.3) is 0 Å². The van der Waals surface area contributed by atoms with Gasteiger partial charge in [-0.15, -0.1) is 0 Å². The Morgan fingerprint density at radius 2 is 1.70 bits per heavy atom. The van der Waals surface area contributed by atoms with Crippen molar-refractivity contribution >= 4 is 5.91 Å². The van der Waals surface area contributed by atoms with E-state index in [-0.39, 0.29) is 11.7 Å². The van der Waals surface area contributed by atoms with Crippen LogP contribution in [0.4, 0.5) is 4.39 Å². The van der Waals surface area contributed by atoms with Crippen molar-refractivity contribution in [3.8, 4) is 11.5 Å². The van der Waals surface area contributed by atoms with Crippen LogP contribution in [0.1, 0.15) is 28.8 Å². The van der Waals surface area contributed by atoms with E-state index in [1.807, 2.05) is 0 Å². The average Bonchev–Trinajstić information content (AvgIpc) is 3.35. The molecule has 1 fully saturated rings. The Bertz CT molecular complexity index is 724. The summed E-state index contributed by atoms with van der Waals surface area (Å²) in [5, 5.41) is 3.05. The minimum Gasteiger partial charge on any atom is -0.493 e. The average molecular weight is 315 g/mol. The molecule has 0 saturated heterocycles. The lowest BCUT2D eigenvalue weighted by molar-refractivity contribution is 0.0930. The maximum absolute atomic E-state index is 13.1. The minimum absolute atomic E-state index is 0.187. The van der Waals surface area contributed by atoms with Gasteiger partial charge in [0.15, 0.2) is 11.5 Å². The normalized spacial score (nSPS) is 14.9. The molecule has 1 amide bonds. The number of carbonyl (C=O) groups excluding carboxylic acids is 1. The number of hydrogen-bond acceptors (Lipinski definition) is 3. The molecule has 120 valence electrons. The highest BCUT2D eigenvalue weighted by Crippen LogP contribution is 2.45. The van der Waals surface area contributed by atoms with Gasteiger partial charge in [-0.3, -0.25) is 4.79 Å². The van der Waals surface area contributed by atoms with E-state index < -0.39 is 5.54 Å². The highest BCUT2D eigenvalue weighted by molar-refractivity contribution is 5.95. The van der Waals surface area contributed by atoms with Crippen LogP contribution < -0.4 is 14.8 Å². The van der Waals surface area contributed by atoms with Crippen molar-refractivity contribution in [3.63, 3.8) is 0 Å². The number of methoxy groups -OCH3 is 2. The zero-order valence-corrected chi connectivity index (χ0v) is 13.1. The standard InChI is InChI=1S/C18H18FNO3/c1-22-15-8-3-12(11-16(15)23-2)17(21)20-18(9-10-18)13-4-6-14(19)7-5-13/h3-8,11H,9-10H2,1-2H3,(H,20,21). The van der Waals surface area contributed by atoms with Gasteiger partial charge in [-0.1, -0.05) is 12.1 Å². The third kappa shape index (κ3) is 2.99. The van der Waals surface area contributed by atoms with E-state index in [0.29, 0.717) is 17.1 Å². The van der Waals surface area contributed by atoms with Gasteiger partial charge in [0.05, 0.1) is 19.8 Å². The predicted molar refractivity (Wildman–Crippen MR) is 84.3 cm³/mol. The number of ether oxygens (including phenoxy) is 2. The Kier molecular flexibility index (Phi) is 3.94. The van der Waals surface area contributed by atoms with Crippen molar-refractivity contribution in [2.24, 2.45) is 0 Å². The van der Waals surface area contributed by atoms with Crippen LogP contribution in [-0.4, -0.2) is 20.1 Å². The van der Waals surface area contributed by atoms with E-state index in [1.54, 1.807) is 37.4 Å². The van der Waals surface area contributed by atoms with Crippen LogP contribution in [0, 0.1) is 5.82 Å². The Morgan fingerprint density at radius 1 is 1.04 bits per heavy atom. The lowest BCUT2D eigenvalue weighted by atomic mass is 10.0. The molecule has 3 rings (SSSR count). The molecule has 0 unspecified atom stereocenters. The summed E-state index contributed by atoms with van der Waals surface area (Å²) >= 11 is 0. The van der Waals surface area contributed by atoms with Gasteiger partial charge in [0.1, 0.15) is 5.82 Å². The molecule has 0 atom stereocenters. The van der Waals surface area contributed by atoms with Gasteiger partial charge in [-0.2, -0.15) is 0 Å². The predicted octanol–water partition coefficient (Wildman–Crippen LogP) is 3.26. The molecule has 4 nitrogen and oxygen atoms in total. The zero-order chi connectivity index (χ0) is 16.4. The van der Waals surface area contributed by atoms with Crippen molar-refractivity contribution in [1.82, 2.24) is 5.32 Å². The molecule has 0 aliphatic heterocycles. The number of benzene rings is 2. The molecule has 5 heteroatoms. The molecule has 1 N–H and O–H groups in total. The third-order valence-corrected chi connectivity index (χ3v) is 4.15. The molecule has 0 heterocycles. The fourth-order valence-corrected chi connectivity index (χ4v) is 2.65. The first-order valence-electron chi connectivity index (χ1n) is 7.38. The lowest BCUT2D eigenvalue weighted by Gasteiger charge is -2.18. The van der Waals surface area contributed by atoms with Crippen molar-refractivity contribution in [2.45, 2.75) is 18.4 Å². The van der Waals surface area contributed by atoms with Crippen LogP contribution in [0.3, 0.4) is 0 Å². The van der Waals surface area contributed by atoms with E-state index >= 15 is 0 Å². The van der Waals surface area contributed by atoms with E-state index in [9.17, 15) is 9.18 Å². The van der Waals surface area contributed by atoms with Crippen molar-refractivity contribution in [1.29, 1.82) is 0 Å². The van der Waals surface area contributed by atoms with E-state index in [1.165, 1.54) is 19.2 Å². The second kappa shape index (κ2) is 5.91. The summed E-state index contributed by atoms with van der Waals surface area (Å²) in [6.45, 7) is 0. The summed E-state index contributed by atoms with van der Waals surface area (Å²) in [4.78, 5) is 12.5. The van der Waals surface area contributed by atoms with Gasteiger partial charge in [-0.05, 0) is 48.7 Å². The number of halogens is 1. The third-order valence-electron chi connectivity index (χ3n) is 4.15. The summed E-state index contributed by atoms with van der Waals surface area (Å²) in [6, 6.07) is 11.3. The molecule has 1 aliphatic rings. The minimum atomic E-state index is -0.391. The molecular weight excluding hydrogens is 297 g/mol. The Hall–Kier alpha value is -2.56. The molecule has 2 aromatic rings. The first kappa shape index (κ1) is 15.3. The number of rotatable bonds is 5. The number of hydrogen-bond donors (Lipinski definition) is 1.